The third-order valence-electron chi connectivity index (χ3n) is 2.42. The summed E-state index contributed by atoms with van der Waals surface area (Å²) in [4.78, 5) is 0. The zero-order valence-corrected chi connectivity index (χ0v) is 9.68. The number of nitrogens with zero attached hydrogens (tertiary/aromatic N) is 4. The lowest BCUT2D eigenvalue weighted by Gasteiger charge is -2.18. The van der Waals surface area contributed by atoms with Crippen molar-refractivity contribution in [1.29, 1.82) is 0 Å². The highest BCUT2D eigenvalue weighted by molar-refractivity contribution is 5.54. The molecule has 1 aromatic carbocycles. The summed E-state index contributed by atoms with van der Waals surface area (Å²) in [6, 6.07) is 8.18. The molecule has 0 amide bonds. The van der Waals surface area contributed by atoms with Gasteiger partial charge in [0.05, 0.1) is 0 Å². The maximum absolute atomic E-state index is 3.92. The molecule has 90 valence electrons. The molecular weight excluding hydrogens is 212 g/mol. The average molecular weight is 230 g/mol. The van der Waals surface area contributed by atoms with E-state index in [9.17, 15) is 0 Å². The fourth-order valence-corrected chi connectivity index (χ4v) is 1.44. The van der Waals surface area contributed by atoms with E-state index in [0.717, 1.165) is 5.56 Å². The number of benzene rings is 1. The summed E-state index contributed by atoms with van der Waals surface area (Å²) in [7, 11) is 0. The van der Waals surface area contributed by atoms with Crippen LogP contribution in [0.2, 0.25) is 0 Å². The van der Waals surface area contributed by atoms with Gasteiger partial charge in [0, 0.05) is 5.56 Å². The second-order valence-electron chi connectivity index (χ2n) is 4.70. The zero-order valence-electron chi connectivity index (χ0n) is 9.68. The number of aromatic nitrogens is 4. The van der Waals surface area contributed by atoms with Crippen LogP contribution in [0.4, 0.5) is 0 Å². The topological polar surface area (TPSA) is 51.6 Å². The molecule has 0 aliphatic carbocycles. The third-order valence-corrected chi connectivity index (χ3v) is 2.42. The van der Waals surface area contributed by atoms with Gasteiger partial charge in [0.1, 0.15) is 0 Å². The van der Waals surface area contributed by atoms with E-state index in [1.54, 1.807) is 0 Å². The third kappa shape index (κ3) is 3.06. The summed E-state index contributed by atoms with van der Waals surface area (Å²) < 4.78 is 0. The Labute approximate surface area is 102 Å². The first kappa shape index (κ1) is 13.2. The lowest BCUT2D eigenvalue weighted by atomic mass is 9.87. The van der Waals surface area contributed by atoms with Gasteiger partial charge in [-0.25, -0.2) is 0 Å². The van der Waals surface area contributed by atoms with Crippen LogP contribution in [0.3, 0.4) is 0 Å². The van der Waals surface area contributed by atoms with Gasteiger partial charge in [0.25, 0.3) is 0 Å². The van der Waals surface area contributed by atoms with Crippen LogP contribution >= 0.6 is 0 Å². The highest BCUT2D eigenvalue weighted by atomic mass is 15.3. The maximum Gasteiger partial charge on any atom is 0.203 e. The number of hydrogen-bond donors (Lipinski definition) is 0. The maximum atomic E-state index is 3.92. The molecule has 0 aliphatic heterocycles. The highest BCUT2D eigenvalue weighted by Gasteiger charge is 2.13. The Bertz CT molecular complexity index is 457. The zero-order chi connectivity index (χ0) is 11.6. The van der Waals surface area contributed by atoms with Crippen LogP contribution in [0.1, 0.15) is 33.8 Å². The van der Waals surface area contributed by atoms with Gasteiger partial charge < -0.3 is 0 Å². The van der Waals surface area contributed by atoms with Crippen LogP contribution in [0.5, 0.6) is 0 Å². The van der Waals surface area contributed by atoms with Gasteiger partial charge in [-0.15, -0.1) is 20.4 Å². The normalized spacial score (nSPS) is 10.8. The Hall–Kier alpha value is -1.84. The van der Waals surface area contributed by atoms with E-state index in [0.29, 0.717) is 5.82 Å². The van der Waals surface area contributed by atoms with Gasteiger partial charge in [0.15, 0.2) is 6.33 Å². The van der Waals surface area contributed by atoms with Crippen molar-refractivity contribution in [2.24, 2.45) is 0 Å². The molecular formula is C13H18N4. The SMILES string of the molecule is C.CC(C)(C)c1ccc(-c2nncnn2)cc1. The van der Waals surface area contributed by atoms with Crippen LogP contribution in [0.25, 0.3) is 11.4 Å². The van der Waals surface area contributed by atoms with Gasteiger partial charge in [-0.3, -0.25) is 0 Å². The van der Waals surface area contributed by atoms with E-state index in [1.165, 1.54) is 11.9 Å². The highest BCUT2D eigenvalue weighted by Crippen LogP contribution is 2.24. The molecule has 1 heterocycles. The Balaban J connectivity index is 0.00000144. The predicted molar refractivity (Wildman–Crippen MR) is 68.5 cm³/mol. The quantitative estimate of drug-likeness (QED) is 0.756. The summed E-state index contributed by atoms with van der Waals surface area (Å²) in [5, 5.41) is 15.3. The minimum Gasteiger partial charge on any atom is -0.135 e. The summed E-state index contributed by atoms with van der Waals surface area (Å²) in [5.74, 6) is 0.558. The van der Waals surface area contributed by atoms with E-state index in [1.807, 2.05) is 12.1 Å². The molecule has 0 aliphatic rings. The Morgan fingerprint density at radius 1 is 0.882 bits per heavy atom. The molecule has 2 aromatic rings. The fourth-order valence-electron chi connectivity index (χ4n) is 1.44. The summed E-state index contributed by atoms with van der Waals surface area (Å²) in [6.45, 7) is 6.55. The first-order valence-corrected chi connectivity index (χ1v) is 5.18. The predicted octanol–water partition coefficient (Wildman–Crippen LogP) is 2.87. The van der Waals surface area contributed by atoms with Gasteiger partial charge in [-0.1, -0.05) is 52.5 Å². The Morgan fingerprint density at radius 2 is 1.41 bits per heavy atom. The summed E-state index contributed by atoms with van der Waals surface area (Å²) in [6.07, 6.45) is 1.33. The van der Waals surface area contributed by atoms with Crippen molar-refractivity contribution >= 4 is 0 Å². The molecule has 0 bridgehead atoms. The molecule has 0 saturated carbocycles. The van der Waals surface area contributed by atoms with Gasteiger partial charge in [0.2, 0.25) is 5.82 Å². The van der Waals surface area contributed by atoms with E-state index in [4.69, 9.17) is 0 Å². The standard InChI is InChI=1S/C12H14N4.CH4/c1-12(2,3)10-6-4-9(5-7-10)11-15-13-8-14-16-11;/h4-8H,1-3H3;1H4. The minimum absolute atomic E-state index is 0. The first-order chi connectivity index (χ1) is 7.57. The van der Waals surface area contributed by atoms with Crippen LogP contribution in [0.15, 0.2) is 30.6 Å². The number of rotatable bonds is 1. The lowest BCUT2D eigenvalue weighted by Crippen LogP contribution is -2.10. The average Bonchev–Trinajstić information content (AvgIpc) is 2.29. The van der Waals surface area contributed by atoms with E-state index >= 15 is 0 Å². The second kappa shape index (κ2) is 4.99. The molecule has 17 heavy (non-hydrogen) atoms. The van der Waals surface area contributed by atoms with Gasteiger partial charge in [-0.2, -0.15) is 0 Å². The first-order valence-electron chi connectivity index (χ1n) is 5.18. The van der Waals surface area contributed by atoms with Crippen molar-refractivity contribution in [2.75, 3.05) is 0 Å². The molecule has 0 fully saturated rings. The molecule has 0 spiro atoms. The Kier molecular flexibility index (Phi) is 3.89. The molecule has 0 N–H and O–H groups in total. The van der Waals surface area contributed by atoms with Gasteiger partial charge >= 0.3 is 0 Å². The van der Waals surface area contributed by atoms with E-state index in [2.05, 4.69) is 53.3 Å². The lowest BCUT2D eigenvalue weighted by molar-refractivity contribution is 0.590. The van der Waals surface area contributed by atoms with Crippen molar-refractivity contribution < 1.29 is 0 Å². The minimum atomic E-state index is 0. The van der Waals surface area contributed by atoms with Gasteiger partial charge in [-0.05, 0) is 11.0 Å². The molecule has 0 saturated heterocycles. The van der Waals surface area contributed by atoms with E-state index in [-0.39, 0.29) is 12.8 Å². The number of hydrogen-bond acceptors (Lipinski definition) is 4. The van der Waals surface area contributed by atoms with Crippen LogP contribution in [-0.4, -0.2) is 20.4 Å². The largest absolute Gasteiger partial charge is 0.203 e. The van der Waals surface area contributed by atoms with Crippen molar-refractivity contribution in [1.82, 2.24) is 20.4 Å². The Morgan fingerprint density at radius 3 is 1.88 bits per heavy atom. The van der Waals surface area contributed by atoms with Crippen LogP contribution in [0, 0.1) is 0 Å². The van der Waals surface area contributed by atoms with Crippen molar-refractivity contribution in [3.8, 4) is 11.4 Å². The molecule has 0 radical (unpaired) electrons. The van der Waals surface area contributed by atoms with Crippen molar-refractivity contribution in [3.05, 3.63) is 36.2 Å². The summed E-state index contributed by atoms with van der Waals surface area (Å²) in [5.41, 5.74) is 2.38. The van der Waals surface area contributed by atoms with Crippen LogP contribution in [-0.2, 0) is 5.41 Å². The molecule has 0 atom stereocenters. The van der Waals surface area contributed by atoms with Crippen LogP contribution < -0.4 is 0 Å². The van der Waals surface area contributed by atoms with Crippen molar-refractivity contribution in [3.63, 3.8) is 0 Å². The van der Waals surface area contributed by atoms with Crippen molar-refractivity contribution in [2.45, 2.75) is 33.6 Å². The molecule has 4 nitrogen and oxygen atoms in total. The smallest absolute Gasteiger partial charge is 0.135 e. The molecule has 4 heteroatoms. The summed E-state index contributed by atoms with van der Waals surface area (Å²) >= 11 is 0. The molecule has 0 unspecified atom stereocenters. The second-order valence-corrected chi connectivity index (χ2v) is 4.70. The fraction of sp³-hybridized carbons (Fsp3) is 0.385. The molecule has 1 aromatic heterocycles. The van der Waals surface area contributed by atoms with E-state index < -0.39 is 0 Å². The molecule has 2 rings (SSSR count). The monoisotopic (exact) mass is 230 g/mol.